The number of hydrogen-bond donors (Lipinski definition) is 3. The average Bonchev–Trinajstić information content (AvgIpc) is 3.08. The van der Waals surface area contributed by atoms with E-state index in [1.54, 1.807) is 0 Å². The van der Waals surface area contributed by atoms with Gasteiger partial charge in [-0.2, -0.15) is 11.8 Å². The van der Waals surface area contributed by atoms with Crippen molar-refractivity contribution in [3.63, 3.8) is 0 Å². The second kappa shape index (κ2) is 9.89. The van der Waals surface area contributed by atoms with E-state index in [0.717, 1.165) is 44.3 Å². The van der Waals surface area contributed by atoms with Crippen LogP contribution in [-0.4, -0.2) is 59.4 Å². The largest absolute Gasteiger partial charge is 0.370 e. The lowest BCUT2D eigenvalue weighted by Gasteiger charge is -2.23. The van der Waals surface area contributed by atoms with Crippen molar-refractivity contribution in [3.8, 4) is 0 Å². The number of thioether (sulfide) groups is 1. The summed E-state index contributed by atoms with van der Waals surface area (Å²) in [5.74, 6) is 0.822. The first-order valence-electron chi connectivity index (χ1n) is 9.19. The molecule has 0 aromatic carbocycles. The van der Waals surface area contributed by atoms with Crippen LogP contribution in [0.4, 0.5) is 4.79 Å². The van der Waals surface area contributed by atoms with Gasteiger partial charge in [-0.3, -0.25) is 9.59 Å². The van der Waals surface area contributed by atoms with E-state index in [-0.39, 0.29) is 23.9 Å². The van der Waals surface area contributed by atoms with Crippen molar-refractivity contribution < 1.29 is 14.4 Å². The molecule has 0 spiro atoms. The Bertz CT molecular complexity index is 489. The lowest BCUT2D eigenvalue weighted by atomic mass is 10.0. The van der Waals surface area contributed by atoms with Gasteiger partial charge < -0.3 is 21.3 Å². The molecule has 0 aromatic rings. The Labute approximate surface area is 153 Å². The highest BCUT2D eigenvalue weighted by Crippen LogP contribution is 2.36. The fourth-order valence-corrected chi connectivity index (χ4v) is 5.17. The lowest BCUT2D eigenvalue weighted by Crippen LogP contribution is -2.38. The van der Waals surface area contributed by atoms with Crippen LogP contribution >= 0.6 is 11.8 Å². The Balaban J connectivity index is 1.49. The van der Waals surface area contributed by atoms with E-state index in [4.69, 9.17) is 5.73 Å². The molecule has 2 heterocycles. The Morgan fingerprint density at radius 2 is 2.00 bits per heavy atom. The van der Waals surface area contributed by atoms with Gasteiger partial charge in [0, 0.05) is 37.4 Å². The maximum Gasteiger partial charge on any atom is 0.317 e. The molecule has 7 nitrogen and oxygen atoms in total. The molecule has 2 aliphatic heterocycles. The van der Waals surface area contributed by atoms with Crippen LogP contribution in [-0.2, 0) is 9.59 Å². The van der Waals surface area contributed by atoms with Crippen LogP contribution in [0.2, 0.25) is 0 Å². The molecular weight excluding hydrogens is 340 g/mol. The second-order valence-corrected chi connectivity index (χ2v) is 8.17. The quantitative estimate of drug-likeness (QED) is 0.376. The Morgan fingerprint density at radius 3 is 2.76 bits per heavy atom. The summed E-state index contributed by atoms with van der Waals surface area (Å²) >= 11 is 1.93. The van der Waals surface area contributed by atoms with Crippen LogP contribution in [0.25, 0.3) is 0 Å². The average molecular weight is 371 g/mol. The van der Waals surface area contributed by atoms with Crippen LogP contribution in [0.1, 0.15) is 51.4 Å². The summed E-state index contributed by atoms with van der Waals surface area (Å²) in [6.45, 7) is 0.665. The third-order valence-corrected chi connectivity index (χ3v) is 6.42. The number of urea groups is 1. The van der Waals surface area contributed by atoms with Gasteiger partial charge in [0.1, 0.15) is 0 Å². The smallest absolute Gasteiger partial charge is 0.317 e. The molecule has 25 heavy (non-hydrogen) atoms. The summed E-state index contributed by atoms with van der Waals surface area (Å²) in [5.41, 5.74) is 5.08. The number of primary amides is 1. The molecule has 3 atom stereocenters. The highest BCUT2D eigenvalue weighted by atomic mass is 32.2. The number of carbonyl (C=O) groups is 3. The highest BCUT2D eigenvalue weighted by molar-refractivity contribution is 8.00. The molecule has 0 aliphatic carbocycles. The predicted octanol–water partition coefficient (Wildman–Crippen LogP) is 1.22. The van der Waals surface area contributed by atoms with Crippen LogP contribution < -0.4 is 16.4 Å². The zero-order valence-corrected chi connectivity index (χ0v) is 15.8. The van der Waals surface area contributed by atoms with E-state index in [1.165, 1.54) is 0 Å². The summed E-state index contributed by atoms with van der Waals surface area (Å²) in [7, 11) is 1.87. The highest BCUT2D eigenvalue weighted by Gasteiger charge is 2.46. The zero-order valence-electron chi connectivity index (χ0n) is 15.0. The lowest BCUT2D eigenvalue weighted by molar-refractivity contribution is -0.121. The summed E-state index contributed by atoms with van der Waals surface area (Å²) in [5, 5.41) is 6.42. The Hall–Kier alpha value is -1.44. The maximum atomic E-state index is 11.8. The van der Waals surface area contributed by atoms with E-state index >= 15 is 0 Å². The van der Waals surface area contributed by atoms with Crippen molar-refractivity contribution in [3.05, 3.63) is 0 Å². The van der Waals surface area contributed by atoms with Gasteiger partial charge >= 0.3 is 6.03 Å². The molecule has 0 radical (unpaired) electrons. The third kappa shape index (κ3) is 6.09. The van der Waals surface area contributed by atoms with Gasteiger partial charge in [0.25, 0.3) is 0 Å². The van der Waals surface area contributed by atoms with E-state index in [2.05, 4.69) is 10.6 Å². The second-order valence-electron chi connectivity index (χ2n) is 6.90. The minimum Gasteiger partial charge on any atom is -0.370 e. The number of carbonyl (C=O) groups excluding carboxylic acids is 3. The number of likely N-dealkylation sites (N-methyl/N-ethyl adjacent to an activating group) is 1. The first kappa shape index (κ1) is 19.9. The molecule has 2 aliphatic rings. The standard InChI is InChI=1S/C17H30N4O3S/c1-21-16-12(20-17(21)24)11-25-13(16)7-4-5-9-15(23)19-10-6-2-3-8-14(18)22/h12-13,16H,2-11H2,1H3,(H2,18,22)(H,19,23)(H,20,24). The molecule has 142 valence electrons. The van der Waals surface area contributed by atoms with E-state index in [1.807, 2.05) is 23.7 Å². The third-order valence-electron chi connectivity index (χ3n) is 4.92. The molecular formula is C17H30N4O3S. The first-order valence-corrected chi connectivity index (χ1v) is 10.2. The molecule has 4 N–H and O–H groups in total. The normalized spacial score (nSPS) is 24.9. The fourth-order valence-electron chi connectivity index (χ4n) is 3.53. The molecule has 0 saturated carbocycles. The Kier molecular flexibility index (Phi) is 7.87. The van der Waals surface area contributed by atoms with Gasteiger partial charge in [-0.15, -0.1) is 0 Å². The van der Waals surface area contributed by atoms with Crippen LogP contribution in [0.15, 0.2) is 0 Å². The number of rotatable bonds is 11. The molecule has 8 heteroatoms. The monoisotopic (exact) mass is 370 g/mol. The first-order chi connectivity index (χ1) is 12.0. The number of unbranched alkanes of at least 4 members (excludes halogenated alkanes) is 3. The van der Waals surface area contributed by atoms with Gasteiger partial charge in [-0.1, -0.05) is 12.8 Å². The van der Waals surface area contributed by atoms with Gasteiger partial charge in [0.15, 0.2) is 0 Å². The molecule has 2 rings (SSSR count). The van der Waals surface area contributed by atoms with Gasteiger partial charge in [-0.25, -0.2) is 4.79 Å². The topological polar surface area (TPSA) is 105 Å². The summed E-state index contributed by atoms with van der Waals surface area (Å²) < 4.78 is 0. The molecule has 0 bridgehead atoms. The molecule has 0 aromatic heterocycles. The van der Waals surface area contributed by atoms with Crippen molar-refractivity contribution in [1.29, 1.82) is 0 Å². The minimum atomic E-state index is -0.264. The van der Waals surface area contributed by atoms with Crippen LogP contribution in [0.5, 0.6) is 0 Å². The number of nitrogens with two attached hydrogens (primary N) is 1. The number of amides is 4. The van der Waals surface area contributed by atoms with E-state index in [0.29, 0.717) is 30.7 Å². The van der Waals surface area contributed by atoms with E-state index in [9.17, 15) is 14.4 Å². The number of nitrogens with one attached hydrogen (secondary N) is 2. The van der Waals surface area contributed by atoms with E-state index < -0.39 is 0 Å². The minimum absolute atomic E-state index is 0.0375. The summed E-state index contributed by atoms with van der Waals surface area (Å²) in [6, 6.07) is 0.618. The molecule has 4 amide bonds. The van der Waals surface area contributed by atoms with Gasteiger partial charge in [-0.05, 0) is 25.7 Å². The maximum absolute atomic E-state index is 11.8. The summed E-state index contributed by atoms with van der Waals surface area (Å²) in [4.78, 5) is 35.9. The predicted molar refractivity (Wildman–Crippen MR) is 99.3 cm³/mol. The van der Waals surface area contributed by atoms with Gasteiger partial charge in [0.05, 0.1) is 12.1 Å². The number of fused-ring (bicyclic) bond motifs is 1. The van der Waals surface area contributed by atoms with Gasteiger partial charge in [0.2, 0.25) is 11.8 Å². The van der Waals surface area contributed by atoms with Crippen molar-refractivity contribution in [2.45, 2.75) is 68.7 Å². The zero-order chi connectivity index (χ0) is 18.2. The van der Waals surface area contributed by atoms with Crippen molar-refractivity contribution >= 4 is 29.6 Å². The Morgan fingerprint density at radius 1 is 1.24 bits per heavy atom. The molecule has 2 fully saturated rings. The number of nitrogens with zero attached hydrogens (tertiary/aromatic N) is 1. The SMILES string of the molecule is CN1C(=O)NC2CSC(CCCCC(=O)NCCCCCC(N)=O)C21. The van der Waals surface area contributed by atoms with Crippen LogP contribution in [0, 0.1) is 0 Å². The van der Waals surface area contributed by atoms with Crippen molar-refractivity contribution in [1.82, 2.24) is 15.5 Å². The number of hydrogen-bond acceptors (Lipinski definition) is 4. The summed E-state index contributed by atoms with van der Waals surface area (Å²) in [6.07, 6.45) is 6.50. The van der Waals surface area contributed by atoms with Crippen LogP contribution in [0.3, 0.4) is 0 Å². The molecule has 3 unspecified atom stereocenters. The molecule has 2 saturated heterocycles. The fraction of sp³-hybridized carbons (Fsp3) is 0.824. The van der Waals surface area contributed by atoms with Crippen molar-refractivity contribution in [2.24, 2.45) is 5.73 Å². The van der Waals surface area contributed by atoms with Crippen molar-refractivity contribution in [2.75, 3.05) is 19.3 Å².